The Hall–Kier alpha value is -0.910. The first-order valence-corrected chi connectivity index (χ1v) is 8.45. The Bertz CT molecular complexity index is 459. The minimum absolute atomic E-state index is 0.0178. The topological polar surface area (TPSA) is 41.6 Å². The van der Waals surface area contributed by atoms with Crippen molar-refractivity contribution in [2.24, 2.45) is 5.41 Å². The van der Waals surface area contributed by atoms with Crippen LogP contribution in [0.3, 0.4) is 0 Å². The number of rotatable bonds is 7. The highest BCUT2D eigenvalue weighted by Gasteiger charge is 2.41. The molecule has 0 radical (unpaired) electrons. The molecule has 4 nitrogen and oxygen atoms in total. The van der Waals surface area contributed by atoms with Crippen LogP contribution < -0.4 is 5.32 Å². The molecule has 1 aliphatic rings. The maximum Gasteiger partial charge on any atom is 0.241 e. The van der Waals surface area contributed by atoms with Gasteiger partial charge in [-0.1, -0.05) is 26.8 Å². The van der Waals surface area contributed by atoms with Crippen LogP contribution in [0.15, 0.2) is 17.5 Å². The quantitative estimate of drug-likeness (QED) is 0.842. The molecule has 2 unspecified atom stereocenters. The molecule has 2 atom stereocenters. The van der Waals surface area contributed by atoms with Crippen molar-refractivity contribution < 1.29 is 9.53 Å². The summed E-state index contributed by atoms with van der Waals surface area (Å²) in [5.74, 6) is 0.224. The summed E-state index contributed by atoms with van der Waals surface area (Å²) in [7, 11) is 1.72. The first-order chi connectivity index (χ1) is 9.98. The van der Waals surface area contributed by atoms with Gasteiger partial charge in [0.2, 0.25) is 5.91 Å². The third kappa shape index (κ3) is 3.84. The van der Waals surface area contributed by atoms with Gasteiger partial charge in [0.15, 0.2) is 0 Å². The number of carbonyl (C=O) groups excluding carboxylic acids is 1. The SMILES string of the molecule is CCC1NC(c2cccs2)N(CC(C)(C)CCOC)C1=O. The van der Waals surface area contributed by atoms with Crippen molar-refractivity contribution in [2.75, 3.05) is 20.3 Å². The van der Waals surface area contributed by atoms with Gasteiger partial charge in [-0.15, -0.1) is 11.3 Å². The average molecular weight is 310 g/mol. The molecule has 1 saturated heterocycles. The number of thiophene rings is 1. The van der Waals surface area contributed by atoms with E-state index in [4.69, 9.17) is 4.74 Å². The van der Waals surface area contributed by atoms with Gasteiger partial charge < -0.3 is 9.64 Å². The van der Waals surface area contributed by atoms with Crippen molar-refractivity contribution >= 4 is 17.2 Å². The van der Waals surface area contributed by atoms with Gasteiger partial charge in [-0.05, 0) is 29.7 Å². The molecule has 1 aromatic heterocycles. The van der Waals surface area contributed by atoms with Crippen molar-refractivity contribution in [3.8, 4) is 0 Å². The van der Waals surface area contributed by atoms with E-state index in [9.17, 15) is 4.79 Å². The van der Waals surface area contributed by atoms with E-state index in [1.54, 1.807) is 18.4 Å². The molecule has 0 saturated carbocycles. The van der Waals surface area contributed by atoms with E-state index in [0.29, 0.717) is 0 Å². The van der Waals surface area contributed by atoms with Gasteiger partial charge in [0.1, 0.15) is 6.17 Å². The highest BCUT2D eigenvalue weighted by atomic mass is 32.1. The number of ether oxygens (including phenoxy) is 1. The predicted molar refractivity (Wildman–Crippen MR) is 86.3 cm³/mol. The molecule has 0 spiro atoms. The Morgan fingerprint density at radius 3 is 2.81 bits per heavy atom. The number of hydrogen-bond acceptors (Lipinski definition) is 4. The zero-order valence-electron chi connectivity index (χ0n) is 13.4. The zero-order valence-corrected chi connectivity index (χ0v) is 14.2. The van der Waals surface area contributed by atoms with Crippen LogP contribution in [-0.2, 0) is 9.53 Å². The minimum atomic E-state index is -0.0599. The van der Waals surface area contributed by atoms with Crippen LogP contribution in [0.2, 0.25) is 0 Å². The maximum absolute atomic E-state index is 12.6. The lowest BCUT2D eigenvalue weighted by atomic mass is 9.89. The minimum Gasteiger partial charge on any atom is -0.385 e. The van der Waals surface area contributed by atoms with Gasteiger partial charge in [-0.3, -0.25) is 10.1 Å². The molecule has 1 N–H and O–H groups in total. The summed E-state index contributed by atoms with van der Waals surface area (Å²) >= 11 is 1.70. The second kappa shape index (κ2) is 6.90. The molecular formula is C16H26N2O2S. The van der Waals surface area contributed by atoms with Crippen LogP contribution in [0.5, 0.6) is 0 Å². The second-order valence-corrected chi connectivity index (χ2v) is 7.40. The fraction of sp³-hybridized carbons (Fsp3) is 0.688. The van der Waals surface area contributed by atoms with E-state index in [2.05, 4.69) is 37.5 Å². The lowest BCUT2D eigenvalue weighted by molar-refractivity contribution is -0.131. The van der Waals surface area contributed by atoms with Crippen molar-refractivity contribution in [3.05, 3.63) is 22.4 Å². The van der Waals surface area contributed by atoms with Crippen molar-refractivity contribution in [1.29, 1.82) is 0 Å². The third-order valence-electron chi connectivity index (χ3n) is 4.05. The maximum atomic E-state index is 12.6. The highest BCUT2D eigenvalue weighted by molar-refractivity contribution is 7.10. The van der Waals surface area contributed by atoms with E-state index < -0.39 is 0 Å². The van der Waals surface area contributed by atoms with Crippen LogP contribution in [0.25, 0.3) is 0 Å². The average Bonchev–Trinajstić information content (AvgIpc) is 3.06. The largest absolute Gasteiger partial charge is 0.385 e. The molecular weight excluding hydrogens is 284 g/mol. The van der Waals surface area contributed by atoms with Gasteiger partial charge in [0.05, 0.1) is 6.04 Å². The van der Waals surface area contributed by atoms with E-state index >= 15 is 0 Å². The van der Waals surface area contributed by atoms with Crippen LogP contribution in [0.1, 0.15) is 44.7 Å². The second-order valence-electron chi connectivity index (χ2n) is 6.42. The normalized spacial score (nSPS) is 23.0. The Balaban J connectivity index is 2.15. The number of amides is 1. The van der Waals surface area contributed by atoms with Crippen LogP contribution >= 0.6 is 11.3 Å². The molecule has 0 aromatic carbocycles. The van der Waals surface area contributed by atoms with Crippen LogP contribution in [0, 0.1) is 5.41 Å². The van der Waals surface area contributed by atoms with Crippen molar-refractivity contribution in [3.63, 3.8) is 0 Å². The van der Waals surface area contributed by atoms with E-state index in [1.165, 1.54) is 4.88 Å². The van der Waals surface area contributed by atoms with Crippen molar-refractivity contribution in [2.45, 2.75) is 45.8 Å². The Kier molecular flexibility index (Phi) is 5.41. The Morgan fingerprint density at radius 1 is 1.48 bits per heavy atom. The highest BCUT2D eigenvalue weighted by Crippen LogP contribution is 2.33. The molecule has 5 heteroatoms. The zero-order chi connectivity index (χ0) is 15.5. The lowest BCUT2D eigenvalue weighted by Gasteiger charge is -2.33. The molecule has 1 fully saturated rings. The van der Waals surface area contributed by atoms with E-state index in [1.807, 2.05) is 11.0 Å². The fourth-order valence-electron chi connectivity index (χ4n) is 2.74. The summed E-state index contributed by atoms with van der Waals surface area (Å²) in [5.41, 5.74) is 0.0471. The van der Waals surface area contributed by atoms with Gasteiger partial charge in [0.25, 0.3) is 0 Å². The number of nitrogens with one attached hydrogen (secondary N) is 1. The fourth-order valence-corrected chi connectivity index (χ4v) is 3.54. The summed E-state index contributed by atoms with van der Waals surface area (Å²) in [6.07, 6.45) is 1.79. The Labute approximate surface area is 131 Å². The Morgan fingerprint density at radius 2 is 2.24 bits per heavy atom. The van der Waals surface area contributed by atoms with Crippen LogP contribution in [0.4, 0.5) is 0 Å². The molecule has 1 aliphatic heterocycles. The van der Waals surface area contributed by atoms with Gasteiger partial charge in [-0.25, -0.2) is 0 Å². The van der Waals surface area contributed by atoms with Crippen LogP contribution in [-0.4, -0.2) is 37.1 Å². The standard InChI is InChI=1S/C16H26N2O2S/c1-5-12-15(19)18(11-16(2,3)8-9-20-4)14(17-12)13-7-6-10-21-13/h6-7,10,12,14,17H,5,8-9,11H2,1-4H3. The molecule has 0 aliphatic carbocycles. The number of methoxy groups -OCH3 is 1. The van der Waals surface area contributed by atoms with E-state index in [-0.39, 0.29) is 23.5 Å². The number of nitrogens with zero attached hydrogens (tertiary/aromatic N) is 1. The first kappa shape index (κ1) is 16.5. The molecule has 2 heterocycles. The molecule has 2 rings (SSSR count). The molecule has 118 valence electrons. The van der Waals surface area contributed by atoms with Gasteiger partial charge >= 0.3 is 0 Å². The number of hydrogen-bond donors (Lipinski definition) is 1. The van der Waals surface area contributed by atoms with E-state index in [0.717, 1.165) is 26.0 Å². The summed E-state index contributed by atoms with van der Waals surface area (Å²) in [4.78, 5) is 15.9. The molecule has 21 heavy (non-hydrogen) atoms. The van der Waals surface area contributed by atoms with Gasteiger partial charge in [-0.2, -0.15) is 0 Å². The first-order valence-electron chi connectivity index (χ1n) is 7.57. The van der Waals surface area contributed by atoms with Crippen molar-refractivity contribution in [1.82, 2.24) is 10.2 Å². The lowest BCUT2D eigenvalue weighted by Crippen LogP contribution is -2.39. The monoisotopic (exact) mass is 310 g/mol. The number of carbonyl (C=O) groups is 1. The summed E-state index contributed by atoms with van der Waals surface area (Å²) in [5, 5.41) is 5.54. The third-order valence-corrected chi connectivity index (χ3v) is 4.98. The summed E-state index contributed by atoms with van der Waals surface area (Å²) < 4.78 is 5.19. The smallest absolute Gasteiger partial charge is 0.241 e. The predicted octanol–water partition coefficient (Wildman–Crippen LogP) is 3.02. The van der Waals surface area contributed by atoms with Gasteiger partial charge in [0, 0.05) is 25.1 Å². The summed E-state index contributed by atoms with van der Waals surface area (Å²) in [6.45, 7) is 7.93. The summed E-state index contributed by atoms with van der Waals surface area (Å²) in [6, 6.07) is 4.08. The molecule has 1 aromatic rings. The molecule has 1 amide bonds. The molecule has 0 bridgehead atoms.